The minimum Gasteiger partial charge on any atom is -0.494 e. The van der Waals surface area contributed by atoms with Crippen molar-refractivity contribution in [2.45, 2.75) is 25.9 Å². The number of aryl methyl sites for hydroxylation is 1. The topological polar surface area (TPSA) is 58.6 Å². The van der Waals surface area contributed by atoms with Crippen molar-refractivity contribution >= 4 is 17.5 Å². The number of halogens is 3. The van der Waals surface area contributed by atoms with Gasteiger partial charge in [-0.1, -0.05) is 17.7 Å². The highest BCUT2D eigenvalue weighted by Crippen LogP contribution is 2.21. The Morgan fingerprint density at radius 2 is 2.04 bits per heavy atom. The van der Waals surface area contributed by atoms with Crippen molar-refractivity contribution in [2.75, 3.05) is 13.2 Å². The molecule has 2 N–H and O–H groups in total. The number of benzene rings is 2. The Bertz CT molecular complexity index is 770. The molecule has 0 bridgehead atoms. The summed E-state index contributed by atoms with van der Waals surface area (Å²) in [5.41, 5.74) is 0.845. The fraction of sp³-hybridized carbons (Fsp3) is 0.316. The Morgan fingerprint density at radius 3 is 2.73 bits per heavy atom. The van der Waals surface area contributed by atoms with Crippen molar-refractivity contribution in [3.05, 3.63) is 64.2 Å². The largest absolute Gasteiger partial charge is 0.494 e. The number of nitrogens with one attached hydrogen (secondary N) is 1. The summed E-state index contributed by atoms with van der Waals surface area (Å²) in [4.78, 5) is 11.8. The van der Waals surface area contributed by atoms with E-state index in [9.17, 15) is 18.7 Å². The second kappa shape index (κ2) is 9.50. The van der Waals surface area contributed by atoms with E-state index in [2.05, 4.69) is 5.32 Å². The molecule has 0 radical (unpaired) electrons. The molecule has 7 heteroatoms. The Kier molecular flexibility index (Phi) is 7.36. The summed E-state index contributed by atoms with van der Waals surface area (Å²) >= 11 is 5.93. The molecule has 2 aromatic carbocycles. The fourth-order valence-electron chi connectivity index (χ4n) is 2.31. The third-order valence-electron chi connectivity index (χ3n) is 3.76. The lowest BCUT2D eigenvalue weighted by Gasteiger charge is -2.13. The van der Waals surface area contributed by atoms with Crippen LogP contribution in [-0.4, -0.2) is 24.2 Å². The number of ether oxygens (including phenoxy) is 1. The molecule has 2 rings (SSSR count). The molecule has 0 aromatic heterocycles. The number of carbonyl (C=O) groups is 1. The predicted octanol–water partition coefficient (Wildman–Crippen LogP) is 3.94. The van der Waals surface area contributed by atoms with Crippen LogP contribution in [0.4, 0.5) is 8.78 Å². The molecule has 0 spiro atoms. The van der Waals surface area contributed by atoms with Crippen LogP contribution in [0.2, 0.25) is 5.02 Å². The highest BCUT2D eigenvalue weighted by atomic mass is 35.5. The molecule has 26 heavy (non-hydrogen) atoms. The lowest BCUT2D eigenvalue weighted by atomic mass is 10.1. The molecule has 140 valence electrons. The second-order valence-corrected chi connectivity index (χ2v) is 6.26. The van der Waals surface area contributed by atoms with E-state index in [1.54, 1.807) is 12.1 Å². The summed E-state index contributed by atoms with van der Waals surface area (Å²) < 4.78 is 31.9. The summed E-state index contributed by atoms with van der Waals surface area (Å²) in [5.74, 6) is -1.19. The van der Waals surface area contributed by atoms with Gasteiger partial charge in [0, 0.05) is 29.6 Å². The molecule has 0 saturated heterocycles. The van der Waals surface area contributed by atoms with Gasteiger partial charge < -0.3 is 15.2 Å². The highest BCUT2D eigenvalue weighted by Gasteiger charge is 2.14. The van der Waals surface area contributed by atoms with Crippen LogP contribution in [0.15, 0.2) is 36.4 Å². The van der Waals surface area contributed by atoms with Gasteiger partial charge in [0.05, 0.1) is 12.7 Å². The van der Waals surface area contributed by atoms with E-state index in [0.29, 0.717) is 29.9 Å². The van der Waals surface area contributed by atoms with Crippen LogP contribution in [0.3, 0.4) is 0 Å². The molecule has 0 aliphatic carbocycles. The number of amides is 1. The number of rotatable bonds is 8. The first-order valence-corrected chi connectivity index (χ1v) is 8.53. The molecule has 1 atom stereocenters. The number of hydrogen-bond acceptors (Lipinski definition) is 3. The number of aliphatic hydroxyl groups is 1. The van der Waals surface area contributed by atoms with E-state index in [0.717, 1.165) is 17.7 Å². The maximum Gasteiger partial charge on any atom is 0.220 e. The molecular formula is C19H20ClF2NO3. The van der Waals surface area contributed by atoms with Gasteiger partial charge in [-0.05, 0) is 43.2 Å². The summed E-state index contributed by atoms with van der Waals surface area (Å²) in [6, 6.07) is 8.22. The van der Waals surface area contributed by atoms with Gasteiger partial charge >= 0.3 is 0 Å². The first-order chi connectivity index (χ1) is 12.4. The zero-order valence-corrected chi connectivity index (χ0v) is 15.0. The maximum absolute atomic E-state index is 13.6. The number of carbonyl (C=O) groups excluding carboxylic acids is 1. The van der Waals surface area contributed by atoms with Crippen LogP contribution in [0.5, 0.6) is 5.75 Å². The molecule has 1 amide bonds. The average Bonchev–Trinajstić information content (AvgIpc) is 2.59. The SMILES string of the molecule is Cc1cc(OCCCC(=O)NCC(O)c2ccc(F)cc2F)ccc1Cl. The van der Waals surface area contributed by atoms with Crippen molar-refractivity contribution < 1.29 is 23.4 Å². The summed E-state index contributed by atoms with van der Waals surface area (Å²) in [5, 5.41) is 13.1. The third-order valence-corrected chi connectivity index (χ3v) is 4.18. The first-order valence-electron chi connectivity index (χ1n) is 8.15. The van der Waals surface area contributed by atoms with Gasteiger partial charge in [0.2, 0.25) is 5.91 Å². The Balaban J connectivity index is 1.69. The fourth-order valence-corrected chi connectivity index (χ4v) is 2.43. The van der Waals surface area contributed by atoms with Gasteiger partial charge in [-0.15, -0.1) is 0 Å². The Labute approximate surface area is 155 Å². The maximum atomic E-state index is 13.6. The molecule has 0 aliphatic rings. The minimum absolute atomic E-state index is 0.0619. The van der Waals surface area contributed by atoms with Gasteiger partial charge in [0.25, 0.3) is 0 Å². The van der Waals surface area contributed by atoms with Gasteiger partial charge in [0.1, 0.15) is 17.4 Å². The van der Waals surface area contributed by atoms with E-state index in [4.69, 9.17) is 16.3 Å². The van der Waals surface area contributed by atoms with E-state index in [-0.39, 0.29) is 24.4 Å². The third kappa shape index (κ3) is 5.97. The zero-order valence-electron chi connectivity index (χ0n) is 14.3. The lowest BCUT2D eigenvalue weighted by molar-refractivity contribution is -0.121. The van der Waals surface area contributed by atoms with Crippen molar-refractivity contribution in [1.82, 2.24) is 5.32 Å². The van der Waals surface area contributed by atoms with E-state index in [1.807, 2.05) is 13.0 Å². The van der Waals surface area contributed by atoms with Crippen molar-refractivity contribution in [3.63, 3.8) is 0 Å². The van der Waals surface area contributed by atoms with Gasteiger partial charge in [-0.2, -0.15) is 0 Å². The Hall–Kier alpha value is -2.18. The Morgan fingerprint density at radius 1 is 1.27 bits per heavy atom. The average molecular weight is 384 g/mol. The zero-order chi connectivity index (χ0) is 19.1. The summed E-state index contributed by atoms with van der Waals surface area (Å²) in [6.45, 7) is 2.07. The molecule has 4 nitrogen and oxygen atoms in total. The lowest BCUT2D eigenvalue weighted by Crippen LogP contribution is -2.28. The van der Waals surface area contributed by atoms with E-state index in [1.165, 1.54) is 0 Å². The standard InChI is InChI=1S/C19H20ClF2NO3/c1-12-9-14(5-7-16(12)20)26-8-2-3-19(25)23-11-18(24)15-6-4-13(21)10-17(15)22/h4-7,9-10,18,24H,2-3,8,11H2,1H3,(H,23,25). The smallest absolute Gasteiger partial charge is 0.220 e. The minimum atomic E-state index is -1.24. The number of aliphatic hydroxyl groups excluding tert-OH is 1. The number of hydrogen-bond donors (Lipinski definition) is 2. The van der Waals surface area contributed by atoms with Gasteiger partial charge in [0.15, 0.2) is 0 Å². The quantitative estimate of drug-likeness (QED) is 0.679. The first kappa shape index (κ1) is 20.1. The van der Waals surface area contributed by atoms with Crippen molar-refractivity contribution in [3.8, 4) is 5.75 Å². The monoisotopic (exact) mass is 383 g/mol. The normalized spacial score (nSPS) is 11.9. The van der Waals surface area contributed by atoms with E-state index < -0.39 is 17.7 Å². The molecule has 0 heterocycles. The van der Waals surface area contributed by atoms with Crippen LogP contribution in [0.25, 0.3) is 0 Å². The second-order valence-electron chi connectivity index (χ2n) is 5.85. The van der Waals surface area contributed by atoms with Crippen LogP contribution in [0.1, 0.15) is 30.1 Å². The molecule has 1 unspecified atom stereocenters. The van der Waals surface area contributed by atoms with Crippen LogP contribution in [0, 0.1) is 18.6 Å². The summed E-state index contributed by atoms with van der Waals surface area (Å²) in [7, 11) is 0. The van der Waals surface area contributed by atoms with E-state index >= 15 is 0 Å². The van der Waals surface area contributed by atoms with Gasteiger partial charge in [-0.3, -0.25) is 4.79 Å². The van der Waals surface area contributed by atoms with Crippen molar-refractivity contribution in [2.24, 2.45) is 0 Å². The molecule has 2 aromatic rings. The summed E-state index contributed by atoms with van der Waals surface area (Å²) in [6.07, 6.45) is -0.562. The predicted molar refractivity (Wildman–Crippen MR) is 95.2 cm³/mol. The van der Waals surface area contributed by atoms with Gasteiger partial charge in [-0.25, -0.2) is 8.78 Å². The van der Waals surface area contributed by atoms with Crippen LogP contribution >= 0.6 is 11.6 Å². The molecular weight excluding hydrogens is 364 g/mol. The van der Waals surface area contributed by atoms with Crippen molar-refractivity contribution in [1.29, 1.82) is 0 Å². The highest BCUT2D eigenvalue weighted by molar-refractivity contribution is 6.31. The molecule has 0 aliphatic heterocycles. The van der Waals surface area contributed by atoms with Crippen LogP contribution < -0.4 is 10.1 Å². The molecule has 0 saturated carbocycles. The molecule has 0 fully saturated rings. The van der Waals surface area contributed by atoms with Crippen LogP contribution in [-0.2, 0) is 4.79 Å².